The summed E-state index contributed by atoms with van der Waals surface area (Å²) in [6, 6.07) is 9.30. The maximum atomic E-state index is 12.3. The van der Waals surface area contributed by atoms with E-state index in [0.29, 0.717) is 21.9 Å². The minimum absolute atomic E-state index is 0.0144. The maximum Gasteiger partial charge on any atom is 0.573 e. The summed E-state index contributed by atoms with van der Waals surface area (Å²) in [7, 11) is 0. The molecule has 3 N–H and O–H groups in total. The molecule has 1 aromatic heterocycles. The summed E-state index contributed by atoms with van der Waals surface area (Å²) in [4.78, 5) is 0. The number of nitrogens with one attached hydrogen (secondary N) is 2. The molecular weight excluding hydrogens is 431 g/mol. The summed E-state index contributed by atoms with van der Waals surface area (Å²) in [5.74, 6) is 0.337. The molecule has 3 aromatic rings. The van der Waals surface area contributed by atoms with Crippen molar-refractivity contribution in [1.82, 2.24) is 9.88 Å². The lowest BCUT2D eigenvalue weighted by molar-refractivity contribution is -0.274. The summed E-state index contributed by atoms with van der Waals surface area (Å²) >= 11 is 6.44. The molecule has 5 nitrogen and oxygen atoms in total. The number of aromatic hydroxyl groups is 1. The van der Waals surface area contributed by atoms with Crippen LogP contribution in [0.25, 0.3) is 10.8 Å². The highest BCUT2D eigenvalue weighted by Crippen LogP contribution is 2.36. The van der Waals surface area contributed by atoms with Gasteiger partial charge in [-0.05, 0) is 61.7 Å². The van der Waals surface area contributed by atoms with Crippen molar-refractivity contribution in [2.24, 2.45) is 5.92 Å². The van der Waals surface area contributed by atoms with Crippen LogP contribution in [0, 0.1) is 5.92 Å². The molecule has 1 aliphatic rings. The molecule has 31 heavy (non-hydrogen) atoms. The van der Waals surface area contributed by atoms with E-state index in [1.165, 1.54) is 24.3 Å². The molecule has 0 aliphatic carbocycles. The topological polar surface area (TPSA) is 58.5 Å². The van der Waals surface area contributed by atoms with Gasteiger partial charge in [-0.1, -0.05) is 23.7 Å². The number of hydrogen-bond acceptors (Lipinski definition) is 4. The molecule has 1 saturated heterocycles. The Morgan fingerprint density at radius 1 is 1.16 bits per heavy atom. The predicted octanol–water partition coefficient (Wildman–Crippen LogP) is 5.36. The Balaban J connectivity index is 1.49. The number of hydrogen-bond donors (Lipinski definition) is 3. The van der Waals surface area contributed by atoms with Crippen molar-refractivity contribution in [2.45, 2.75) is 25.7 Å². The lowest BCUT2D eigenvalue weighted by Crippen LogP contribution is -2.31. The van der Waals surface area contributed by atoms with E-state index >= 15 is 0 Å². The predicted molar refractivity (Wildman–Crippen MR) is 115 cm³/mol. The summed E-state index contributed by atoms with van der Waals surface area (Å²) in [5.41, 5.74) is 1.60. The summed E-state index contributed by atoms with van der Waals surface area (Å²) in [6.07, 6.45) is -0.680. The van der Waals surface area contributed by atoms with Gasteiger partial charge in [-0.25, -0.2) is 0 Å². The first-order valence-electron chi connectivity index (χ1n) is 10.1. The van der Waals surface area contributed by atoms with Gasteiger partial charge < -0.3 is 25.0 Å². The van der Waals surface area contributed by atoms with Gasteiger partial charge in [0.25, 0.3) is 0 Å². The lowest BCUT2D eigenvalue weighted by Gasteiger charge is -2.23. The van der Waals surface area contributed by atoms with Crippen molar-refractivity contribution in [3.63, 3.8) is 0 Å². The number of aromatic nitrogens is 1. The number of ether oxygens (including phenoxy) is 1. The van der Waals surface area contributed by atoms with Crippen LogP contribution < -0.4 is 15.4 Å². The summed E-state index contributed by atoms with van der Waals surface area (Å²) in [5, 5.41) is 19.2. The van der Waals surface area contributed by atoms with E-state index in [1.54, 1.807) is 16.8 Å². The molecule has 9 heteroatoms. The second-order valence-electron chi connectivity index (χ2n) is 7.77. The van der Waals surface area contributed by atoms with Gasteiger partial charge in [-0.3, -0.25) is 0 Å². The van der Waals surface area contributed by atoms with Crippen molar-refractivity contribution in [3.8, 4) is 11.6 Å². The second-order valence-corrected chi connectivity index (χ2v) is 8.18. The van der Waals surface area contributed by atoms with Crippen molar-refractivity contribution in [2.75, 3.05) is 25.0 Å². The van der Waals surface area contributed by atoms with Crippen molar-refractivity contribution >= 4 is 28.1 Å². The van der Waals surface area contributed by atoms with Crippen molar-refractivity contribution < 1.29 is 23.0 Å². The summed E-state index contributed by atoms with van der Waals surface area (Å²) < 4.78 is 42.4. The first-order valence-corrected chi connectivity index (χ1v) is 10.5. The highest BCUT2D eigenvalue weighted by molar-refractivity contribution is 6.36. The molecule has 0 saturated carbocycles. The molecule has 2 aromatic carbocycles. The SMILES string of the molecule is Oc1c2c(Cl)cc(NCC3CCNCC3)cc2cn1Cc1ccc(OC(F)(F)F)cc1. The van der Waals surface area contributed by atoms with E-state index in [-0.39, 0.29) is 18.2 Å². The van der Waals surface area contributed by atoms with Gasteiger partial charge in [0.1, 0.15) is 5.75 Å². The molecule has 0 unspecified atom stereocenters. The maximum absolute atomic E-state index is 12.3. The van der Waals surface area contributed by atoms with Crippen LogP contribution in [-0.2, 0) is 6.54 Å². The normalized spacial score (nSPS) is 15.4. The number of fused-ring (bicyclic) bond motifs is 1. The standard InChI is InChI=1S/C22H23ClF3N3O2/c23-19-10-17(28-11-14-5-7-27-8-6-14)9-16-13-29(21(30)20(16)19)12-15-1-3-18(4-2-15)31-22(24,25)26/h1-4,9-10,13-14,27-28,30H,5-8,11-12H2. The zero-order valence-electron chi connectivity index (χ0n) is 16.7. The highest BCUT2D eigenvalue weighted by atomic mass is 35.5. The molecule has 4 rings (SSSR count). The summed E-state index contributed by atoms with van der Waals surface area (Å²) in [6.45, 7) is 3.21. The number of anilines is 1. The smallest absolute Gasteiger partial charge is 0.494 e. The molecule has 0 radical (unpaired) electrons. The fraction of sp³-hybridized carbons (Fsp3) is 0.364. The minimum Gasteiger partial charge on any atom is -0.494 e. The monoisotopic (exact) mass is 453 g/mol. The Morgan fingerprint density at radius 3 is 2.55 bits per heavy atom. The number of benzene rings is 2. The van der Waals surface area contributed by atoms with Gasteiger partial charge in [0, 0.05) is 23.8 Å². The molecule has 0 atom stereocenters. The number of halogens is 4. The average molecular weight is 454 g/mol. The first kappa shape index (κ1) is 21.6. The largest absolute Gasteiger partial charge is 0.573 e. The van der Waals surface area contributed by atoms with Crippen molar-refractivity contribution in [1.29, 1.82) is 0 Å². The van der Waals surface area contributed by atoms with Crippen molar-refractivity contribution in [3.05, 3.63) is 53.2 Å². The molecule has 2 heterocycles. The number of nitrogens with zero attached hydrogens (tertiary/aromatic N) is 1. The Hall–Kier alpha value is -2.58. The molecule has 0 spiro atoms. The minimum atomic E-state index is -4.73. The van der Waals surface area contributed by atoms with Crippen LogP contribution in [0.4, 0.5) is 18.9 Å². The molecule has 0 amide bonds. The number of piperidine rings is 1. The quantitative estimate of drug-likeness (QED) is 0.470. The second kappa shape index (κ2) is 8.88. The first-order chi connectivity index (χ1) is 14.8. The van der Waals surface area contributed by atoms with Crippen LogP contribution in [0.1, 0.15) is 18.4 Å². The van der Waals surface area contributed by atoms with Gasteiger partial charge in [0.2, 0.25) is 5.88 Å². The van der Waals surface area contributed by atoms with Crippen LogP contribution in [0.15, 0.2) is 42.6 Å². The highest BCUT2D eigenvalue weighted by Gasteiger charge is 2.31. The van der Waals surface area contributed by atoms with E-state index < -0.39 is 6.36 Å². The van der Waals surface area contributed by atoms with E-state index in [1.807, 2.05) is 6.07 Å². The lowest BCUT2D eigenvalue weighted by atomic mass is 9.98. The Kier molecular flexibility index (Phi) is 6.20. The molecule has 1 aliphatic heterocycles. The Morgan fingerprint density at radius 2 is 1.87 bits per heavy atom. The van der Waals surface area contributed by atoms with Crippen LogP contribution in [-0.4, -0.2) is 35.7 Å². The van der Waals surface area contributed by atoms with Gasteiger partial charge in [-0.15, -0.1) is 13.2 Å². The zero-order chi connectivity index (χ0) is 22.0. The Bertz CT molecular complexity index is 1040. The van der Waals surface area contributed by atoms with Gasteiger partial charge >= 0.3 is 6.36 Å². The van der Waals surface area contributed by atoms with Crippen LogP contribution >= 0.6 is 11.6 Å². The fourth-order valence-corrected chi connectivity index (χ4v) is 4.21. The average Bonchev–Trinajstić information content (AvgIpc) is 3.03. The molecule has 1 fully saturated rings. The third-order valence-corrected chi connectivity index (χ3v) is 5.77. The fourth-order valence-electron chi connectivity index (χ4n) is 3.90. The van der Waals surface area contributed by atoms with E-state index in [4.69, 9.17) is 11.6 Å². The molecule has 0 bridgehead atoms. The van der Waals surface area contributed by atoms with Gasteiger partial charge in [-0.2, -0.15) is 0 Å². The van der Waals surface area contributed by atoms with E-state index in [2.05, 4.69) is 15.4 Å². The third kappa shape index (κ3) is 5.37. The van der Waals surface area contributed by atoms with E-state index in [0.717, 1.165) is 43.5 Å². The van der Waals surface area contributed by atoms with Crippen LogP contribution in [0.3, 0.4) is 0 Å². The number of alkyl halides is 3. The van der Waals surface area contributed by atoms with Crippen LogP contribution in [0.2, 0.25) is 5.02 Å². The van der Waals surface area contributed by atoms with E-state index in [9.17, 15) is 18.3 Å². The van der Waals surface area contributed by atoms with Gasteiger partial charge in [0.05, 0.1) is 17.0 Å². The molecular formula is C22H23ClF3N3O2. The Labute approximate surface area is 182 Å². The number of rotatable bonds is 6. The zero-order valence-corrected chi connectivity index (χ0v) is 17.4. The van der Waals surface area contributed by atoms with Crippen LogP contribution in [0.5, 0.6) is 11.6 Å². The van der Waals surface area contributed by atoms with Gasteiger partial charge in [0.15, 0.2) is 0 Å². The third-order valence-electron chi connectivity index (χ3n) is 5.47. The molecule has 166 valence electrons.